The number of alkyl halides is 6. The number of benzene rings is 2. The number of nitrogens with zero attached hydrogens (tertiary/aromatic N) is 3. The van der Waals surface area contributed by atoms with Crippen LogP contribution in [0.5, 0.6) is 5.75 Å². The third kappa shape index (κ3) is 6.71. The van der Waals surface area contributed by atoms with Crippen LogP contribution < -0.4 is 10.1 Å². The van der Waals surface area contributed by atoms with Crippen molar-refractivity contribution in [1.82, 2.24) is 14.8 Å². The molecular formula is C23H18F6N4O4. The average molecular weight is 528 g/mol. The Morgan fingerprint density at radius 3 is 2.32 bits per heavy atom. The molecule has 1 aromatic heterocycles. The van der Waals surface area contributed by atoms with Gasteiger partial charge >= 0.3 is 18.6 Å². The Bertz CT molecular complexity index is 1270. The summed E-state index contributed by atoms with van der Waals surface area (Å²) in [5, 5.41) is 6.49. The van der Waals surface area contributed by atoms with Gasteiger partial charge in [0.25, 0.3) is 0 Å². The summed E-state index contributed by atoms with van der Waals surface area (Å²) in [6.07, 6.45) is -11.5. The van der Waals surface area contributed by atoms with Crippen LogP contribution in [0.15, 0.2) is 66.7 Å². The van der Waals surface area contributed by atoms with Gasteiger partial charge in [0.05, 0.1) is 18.1 Å². The first kappa shape index (κ1) is 25.9. The molecule has 0 aliphatic carbocycles. The molecule has 0 bridgehead atoms. The van der Waals surface area contributed by atoms with Crippen LogP contribution in [0, 0.1) is 0 Å². The summed E-state index contributed by atoms with van der Waals surface area (Å²) in [4.78, 5) is 16.3. The Hall–Kier alpha value is -4.23. The lowest BCUT2D eigenvalue weighted by Crippen LogP contribution is -2.36. The van der Waals surface area contributed by atoms with E-state index in [1.165, 1.54) is 47.4 Å². The van der Waals surface area contributed by atoms with Gasteiger partial charge in [0.2, 0.25) is 6.10 Å². The van der Waals surface area contributed by atoms with Crippen LogP contribution in [-0.2, 0) is 9.47 Å². The highest BCUT2D eigenvalue weighted by atomic mass is 19.4. The topological polar surface area (TPSA) is 87.5 Å². The van der Waals surface area contributed by atoms with E-state index in [0.29, 0.717) is 11.3 Å². The standard InChI is InChI=1S/C23H18F6N4O4/c1-13-10-15(11-35-13)19(22(24,25)26)36-21(34)31-16-4-2-14(3-5-16)20-30-12-33(32-20)17-6-8-18(9-7-17)37-23(27,28)29/h2-9,11-13,19H,10H2,1H3,(H,31,34). The zero-order chi connectivity index (χ0) is 26.8. The van der Waals surface area contributed by atoms with E-state index in [0.717, 1.165) is 18.4 Å². The molecule has 1 N–H and O–H groups in total. The summed E-state index contributed by atoms with van der Waals surface area (Å²) in [5.74, 6) is -0.133. The normalized spacial score (nSPS) is 16.5. The Morgan fingerprint density at radius 1 is 1.08 bits per heavy atom. The van der Waals surface area contributed by atoms with Crippen LogP contribution in [-0.4, -0.2) is 45.6 Å². The molecule has 0 radical (unpaired) electrons. The predicted octanol–water partition coefficient (Wildman–Crippen LogP) is 6.01. The van der Waals surface area contributed by atoms with Gasteiger partial charge in [-0.2, -0.15) is 13.2 Å². The molecule has 2 heterocycles. The van der Waals surface area contributed by atoms with Crippen LogP contribution in [0.3, 0.4) is 0 Å². The van der Waals surface area contributed by atoms with Gasteiger partial charge in [-0.05, 0) is 55.5 Å². The third-order valence-corrected chi connectivity index (χ3v) is 5.05. The van der Waals surface area contributed by atoms with E-state index < -0.39 is 30.8 Å². The molecule has 1 aliphatic rings. The van der Waals surface area contributed by atoms with E-state index in [1.807, 2.05) is 0 Å². The number of hydrogen-bond donors (Lipinski definition) is 1. The van der Waals surface area contributed by atoms with Crippen LogP contribution in [0.25, 0.3) is 17.1 Å². The Kier molecular flexibility index (Phi) is 7.01. The quantitative estimate of drug-likeness (QED) is 0.395. The number of carbonyl (C=O) groups is 1. The molecule has 2 unspecified atom stereocenters. The zero-order valence-corrected chi connectivity index (χ0v) is 18.9. The van der Waals surface area contributed by atoms with E-state index in [1.54, 1.807) is 6.92 Å². The summed E-state index contributed by atoms with van der Waals surface area (Å²) in [6, 6.07) is 10.9. The van der Waals surface area contributed by atoms with Crippen LogP contribution >= 0.6 is 0 Å². The number of anilines is 1. The van der Waals surface area contributed by atoms with E-state index in [-0.39, 0.29) is 29.3 Å². The lowest BCUT2D eigenvalue weighted by atomic mass is 10.1. The molecule has 0 saturated carbocycles. The summed E-state index contributed by atoms with van der Waals surface area (Å²) in [5.41, 5.74) is 0.907. The van der Waals surface area contributed by atoms with Gasteiger partial charge in [-0.1, -0.05) is 0 Å². The van der Waals surface area contributed by atoms with Gasteiger partial charge in [-0.15, -0.1) is 18.3 Å². The first-order valence-electron chi connectivity index (χ1n) is 10.6. The monoisotopic (exact) mass is 528 g/mol. The molecule has 4 rings (SSSR count). The zero-order valence-electron chi connectivity index (χ0n) is 18.9. The van der Waals surface area contributed by atoms with Gasteiger partial charge in [0.15, 0.2) is 5.82 Å². The molecule has 14 heteroatoms. The van der Waals surface area contributed by atoms with Crippen molar-refractivity contribution in [2.24, 2.45) is 0 Å². The summed E-state index contributed by atoms with van der Waals surface area (Å²) in [7, 11) is 0. The number of amides is 1. The molecule has 2 aromatic carbocycles. The Balaban J connectivity index is 1.39. The molecule has 0 saturated heterocycles. The number of hydrogen-bond acceptors (Lipinski definition) is 6. The van der Waals surface area contributed by atoms with Gasteiger partial charge in [-0.3, -0.25) is 5.32 Å². The van der Waals surface area contributed by atoms with Gasteiger partial charge < -0.3 is 14.2 Å². The maximum Gasteiger partial charge on any atom is 0.573 e. The second kappa shape index (κ2) is 10.0. The Morgan fingerprint density at radius 2 is 1.76 bits per heavy atom. The van der Waals surface area contributed by atoms with E-state index >= 15 is 0 Å². The van der Waals surface area contributed by atoms with Crippen molar-refractivity contribution in [1.29, 1.82) is 0 Å². The molecule has 1 amide bonds. The van der Waals surface area contributed by atoms with Crippen LogP contribution in [0.1, 0.15) is 13.3 Å². The fraction of sp³-hybridized carbons (Fsp3) is 0.261. The number of rotatable bonds is 6. The predicted molar refractivity (Wildman–Crippen MR) is 117 cm³/mol. The SMILES string of the molecule is CC1CC(C(OC(=O)Nc2ccc(-c3ncn(-c4ccc(OC(F)(F)F)cc4)n3)cc2)C(F)(F)F)=CO1. The minimum atomic E-state index is -4.81. The van der Waals surface area contributed by atoms with Crippen molar-refractivity contribution >= 4 is 11.8 Å². The highest BCUT2D eigenvalue weighted by Crippen LogP contribution is 2.34. The lowest BCUT2D eigenvalue weighted by molar-refractivity contribution is -0.274. The van der Waals surface area contributed by atoms with Gasteiger partial charge in [0, 0.05) is 23.2 Å². The fourth-order valence-corrected chi connectivity index (χ4v) is 3.43. The molecule has 2 atom stereocenters. The first-order valence-corrected chi connectivity index (χ1v) is 10.6. The summed E-state index contributed by atoms with van der Waals surface area (Å²) >= 11 is 0. The fourth-order valence-electron chi connectivity index (χ4n) is 3.43. The van der Waals surface area contributed by atoms with Gasteiger partial charge in [-0.25, -0.2) is 14.5 Å². The van der Waals surface area contributed by atoms with Crippen molar-refractivity contribution in [3.63, 3.8) is 0 Å². The van der Waals surface area contributed by atoms with Crippen molar-refractivity contribution in [2.45, 2.75) is 38.1 Å². The maximum absolute atomic E-state index is 13.4. The van der Waals surface area contributed by atoms with E-state index in [9.17, 15) is 31.1 Å². The van der Waals surface area contributed by atoms with Crippen molar-refractivity contribution in [3.05, 3.63) is 66.7 Å². The molecular weight excluding hydrogens is 510 g/mol. The number of aromatic nitrogens is 3. The number of carbonyl (C=O) groups excluding carboxylic acids is 1. The van der Waals surface area contributed by atoms with E-state index in [2.05, 4.69) is 24.9 Å². The highest BCUT2D eigenvalue weighted by Gasteiger charge is 2.47. The third-order valence-electron chi connectivity index (χ3n) is 5.05. The number of halogens is 6. The highest BCUT2D eigenvalue weighted by molar-refractivity contribution is 5.85. The molecule has 196 valence electrons. The van der Waals surface area contributed by atoms with E-state index in [4.69, 9.17) is 4.74 Å². The largest absolute Gasteiger partial charge is 0.573 e. The van der Waals surface area contributed by atoms with Crippen molar-refractivity contribution < 1.29 is 45.3 Å². The second-order valence-corrected chi connectivity index (χ2v) is 7.93. The van der Waals surface area contributed by atoms with Crippen LogP contribution in [0.4, 0.5) is 36.8 Å². The molecule has 1 aliphatic heterocycles. The molecule has 0 fully saturated rings. The van der Waals surface area contributed by atoms with Crippen molar-refractivity contribution in [2.75, 3.05) is 5.32 Å². The first-order chi connectivity index (χ1) is 17.4. The lowest BCUT2D eigenvalue weighted by Gasteiger charge is -2.21. The summed E-state index contributed by atoms with van der Waals surface area (Å²) in [6.45, 7) is 1.60. The number of ether oxygens (including phenoxy) is 3. The smallest absolute Gasteiger partial charge is 0.498 e. The molecule has 3 aromatic rings. The minimum absolute atomic E-state index is 0.0166. The molecule has 37 heavy (non-hydrogen) atoms. The minimum Gasteiger partial charge on any atom is -0.498 e. The van der Waals surface area contributed by atoms with Gasteiger partial charge in [0.1, 0.15) is 12.1 Å². The molecule has 0 spiro atoms. The average Bonchev–Trinajstić information content (AvgIpc) is 3.46. The number of nitrogens with one attached hydrogen (secondary N) is 1. The van der Waals surface area contributed by atoms with Crippen molar-refractivity contribution in [3.8, 4) is 22.8 Å². The maximum atomic E-state index is 13.4. The van der Waals surface area contributed by atoms with Crippen LogP contribution in [0.2, 0.25) is 0 Å². The summed E-state index contributed by atoms with van der Waals surface area (Å²) < 4.78 is 91.8. The second-order valence-electron chi connectivity index (χ2n) is 7.93. The molecule has 8 nitrogen and oxygen atoms in total. The Labute approximate surface area is 205 Å².